The average molecular weight is 308 g/mol. The quantitative estimate of drug-likeness (QED) is 0.397. The van der Waals surface area contributed by atoms with Gasteiger partial charge in [0.2, 0.25) is 5.75 Å². The first-order valence-electron chi connectivity index (χ1n) is 7.31. The van der Waals surface area contributed by atoms with Crippen LogP contribution in [-0.2, 0) is 9.53 Å². The molecule has 0 saturated carbocycles. The smallest absolute Gasteiger partial charge is 0.330 e. The van der Waals surface area contributed by atoms with Crippen molar-refractivity contribution in [1.82, 2.24) is 0 Å². The fourth-order valence-electron chi connectivity index (χ4n) is 1.93. The van der Waals surface area contributed by atoms with Crippen molar-refractivity contribution in [2.45, 2.75) is 26.2 Å². The number of methoxy groups -OCH3 is 3. The maximum absolute atomic E-state index is 11.6. The molecule has 0 aliphatic carbocycles. The highest BCUT2D eigenvalue weighted by atomic mass is 16.5. The molecule has 0 aliphatic rings. The van der Waals surface area contributed by atoms with E-state index in [4.69, 9.17) is 18.9 Å². The van der Waals surface area contributed by atoms with Crippen molar-refractivity contribution in [3.63, 3.8) is 0 Å². The molecule has 0 spiro atoms. The summed E-state index contributed by atoms with van der Waals surface area (Å²) in [5.74, 6) is 1.24. The summed E-state index contributed by atoms with van der Waals surface area (Å²) >= 11 is 0. The van der Waals surface area contributed by atoms with E-state index in [2.05, 4.69) is 6.92 Å². The van der Waals surface area contributed by atoms with Crippen molar-refractivity contribution in [2.24, 2.45) is 0 Å². The van der Waals surface area contributed by atoms with Crippen LogP contribution in [0.15, 0.2) is 18.2 Å². The second-order valence-electron chi connectivity index (χ2n) is 4.67. The van der Waals surface area contributed by atoms with Crippen molar-refractivity contribution in [3.8, 4) is 17.2 Å². The normalized spacial score (nSPS) is 10.5. The lowest BCUT2D eigenvalue weighted by Gasteiger charge is -2.12. The van der Waals surface area contributed by atoms with Gasteiger partial charge in [0.15, 0.2) is 11.5 Å². The summed E-state index contributed by atoms with van der Waals surface area (Å²) in [5, 5.41) is 0. The zero-order valence-corrected chi connectivity index (χ0v) is 13.7. The number of unbranched alkanes of at least 4 members (excludes halogenated alkanes) is 2. The van der Waals surface area contributed by atoms with Crippen LogP contribution in [0.4, 0.5) is 0 Å². The third-order valence-corrected chi connectivity index (χ3v) is 3.09. The summed E-state index contributed by atoms with van der Waals surface area (Å²) in [6.45, 7) is 2.55. The molecular weight excluding hydrogens is 284 g/mol. The standard InChI is InChI=1S/C17H24O5/c1-5-6-7-10-22-16(18)9-8-13-11-14(19-2)17(21-4)15(12-13)20-3/h8-9,11-12H,5-7,10H2,1-4H3/b9-8+. The first-order chi connectivity index (χ1) is 10.7. The Bertz CT molecular complexity index is 483. The van der Waals surface area contributed by atoms with Crippen molar-refractivity contribution in [2.75, 3.05) is 27.9 Å². The Labute approximate surface area is 131 Å². The third kappa shape index (κ3) is 5.31. The Morgan fingerprint density at radius 1 is 1.05 bits per heavy atom. The van der Waals surface area contributed by atoms with E-state index in [9.17, 15) is 4.79 Å². The van der Waals surface area contributed by atoms with Gasteiger partial charge in [0.25, 0.3) is 0 Å². The summed E-state index contributed by atoms with van der Waals surface area (Å²) in [6.07, 6.45) is 6.10. The van der Waals surface area contributed by atoms with E-state index in [-0.39, 0.29) is 5.97 Å². The molecule has 0 unspecified atom stereocenters. The van der Waals surface area contributed by atoms with Crippen LogP contribution in [0.2, 0.25) is 0 Å². The molecule has 1 aromatic carbocycles. The van der Waals surface area contributed by atoms with Gasteiger partial charge in [-0.15, -0.1) is 0 Å². The number of hydrogen-bond acceptors (Lipinski definition) is 5. The lowest BCUT2D eigenvalue weighted by atomic mass is 10.1. The number of benzene rings is 1. The second kappa shape index (κ2) is 9.71. The SMILES string of the molecule is CCCCCOC(=O)/C=C/c1cc(OC)c(OC)c(OC)c1. The topological polar surface area (TPSA) is 54.0 Å². The van der Waals surface area contributed by atoms with Gasteiger partial charge < -0.3 is 18.9 Å². The highest BCUT2D eigenvalue weighted by Gasteiger charge is 2.12. The maximum Gasteiger partial charge on any atom is 0.330 e. The summed E-state index contributed by atoms with van der Waals surface area (Å²) in [7, 11) is 4.64. The number of hydrogen-bond donors (Lipinski definition) is 0. The fourth-order valence-corrected chi connectivity index (χ4v) is 1.93. The Kier molecular flexibility index (Phi) is 7.89. The van der Waals surface area contributed by atoms with Crippen LogP contribution in [0.3, 0.4) is 0 Å². The summed E-state index contributed by atoms with van der Waals surface area (Å²) < 4.78 is 20.9. The molecule has 0 radical (unpaired) electrons. The molecule has 122 valence electrons. The van der Waals surface area contributed by atoms with Gasteiger partial charge in [-0.05, 0) is 30.2 Å². The van der Waals surface area contributed by atoms with Gasteiger partial charge in [-0.1, -0.05) is 19.8 Å². The van der Waals surface area contributed by atoms with E-state index in [1.165, 1.54) is 6.08 Å². The van der Waals surface area contributed by atoms with Gasteiger partial charge in [-0.3, -0.25) is 0 Å². The molecule has 22 heavy (non-hydrogen) atoms. The third-order valence-electron chi connectivity index (χ3n) is 3.09. The number of carbonyl (C=O) groups excluding carboxylic acids is 1. The van der Waals surface area contributed by atoms with Gasteiger partial charge in [-0.25, -0.2) is 4.79 Å². The van der Waals surface area contributed by atoms with Crippen LogP contribution in [0.25, 0.3) is 6.08 Å². The number of carbonyl (C=O) groups is 1. The van der Waals surface area contributed by atoms with Gasteiger partial charge in [0.05, 0.1) is 27.9 Å². The summed E-state index contributed by atoms with van der Waals surface area (Å²) in [6, 6.07) is 3.53. The first kappa shape index (κ1) is 17.9. The zero-order valence-electron chi connectivity index (χ0n) is 13.7. The van der Waals surface area contributed by atoms with E-state index in [0.717, 1.165) is 24.8 Å². The molecular formula is C17H24O5. The second-order valence-corrected chi connectivity index (χ2v) is 4.67. The molecule has 0 atom stereocenters. The minimum absolute atomic E-state index is 0.357. The molecule has 5 heteroatoms. The largest absolute Gasteiger partial charge is 0.493 e. The maximum atomic E-state index is 11.6. The Morgan fingerprint density at radius 3 is 2.18 bits per heavy atom. The highest BCUT2D eigenvalue weighted by Crippen LogP contribution is 2.38. The average Bonchev–Trinajstić information content (AvgIpc) is 2.55. The van der Waals surface area contributed by atoms with Crippen LogP contribution in [0.1, 0.15) is 31.7 Å². The van der Waals surface area contributed by atoms with Gasteiger partial charge >= 0.3 is 5.97 Å². The van der Waals surface area contributed by atoms with Crippen LogP contribution in [-0.4, -0.2) is 33.9 Å². The number of ether oxygens (including phenoxy) is 4. The lowest BCUT2D eigenvalue weighted by Crippen LogP contribution is -2.02. The molecule has 0 fully saturated rings. The molecule has 5 nitrogen and oxygen atoms in total. The molecule has 0 N–H and O–H groups in total. The van der Waals surface area contributed by atoms with Gasteiger partial charge in [-0.2, -0.15) is 0 Å². The van der Waals surface area contributed by atoms with Crippen molar-refractivity contribution in [1.29, 1.82) is 0 Å². The zero-order chi connectivity index (χ0) is 16.4. The van der Waals surface area contributed by atoms with Crippen LogP contribution >= 0.6 is 0 Å². The predicted octanol–water partition coefficient (Wildman–Crippen LogP) is 3.46. The van der Waals surface area contributed by atoms with Gasteiger partial charge in [0, 0.05) is 6.08 Å². The van der Waals surface area contributed by atoms with Crippen molar-refractivity contribution in [3.05, 3.63) is 23.8 Å². The minimum atomic E-state index is -0.357. The van der Waals surface area contributed by atoms with Crippen molar-refractivity contribution >= 4 is 12.0 Å². The van der Waals surface area contributed by atoms with E-state index < -0.39 is 0 Å². The molecule has 1 aromatic rings. The van der Waals surface area contributed by atoms with Gasteiger partial charge in [0.1, 0.15) is 0 Å². The van der Waals surface area contributed by atoms with Crippen LogP contribution < -0.4 is 14.2 Å². The monoisotopic (exact) mass is 308 g/mol. The Hall–Kier alpha value is -2.17. The number of esters is 1. The first-order valence-corrected chi connectivity index (χ1v) is 7.31. The molecule has 0 saturated heterocycles. The lowest BCUT2D eigenvalue weighted by molar-refractivity contribution is -0.137. The molecule has 0 amide bonds. The fraction of sp³-hybridized carbons (Fsp3) is 0.471. The molecule has 0 aromatic heterocycles. The van der Waals surface area contributed by atoms with Crippen molar-refractivity contribution < 1.29 is 23.7 Å². The van der Waals surface area contributed by atoms with E-state index in [0.29, 0.717) is 23.9 Å². The van der Waals surface area contributed by atoms with E-state index in [1.54, 1.807) is 39.5 Å². The predicted molar refractivity (Wildman–Crippen MR) is 85.6 cm³/mol. The Balaban J connectivity index is 2.76. The molecule has 0 bridgehead atoms. The Morgan fingerprint density at radius 2 is 1.68 bits per heavy atom. The molecule has 1 rings (SSSR count). The molecule has 0 aliphatic heterocycles. The van der Waals surface area contributed by atoms with E-state index in [1.807, 2.05) is 0 Å². The minimum Gasteiger partial charge on any atom is -0.493 e. The summed E-state index contributed by atoms with van der Waals surface area (Å²) in [4.78, 5) is 11.6. The summed E-state index contributed by atoms with van der Waals surface area (Å²) in [5.41, 5.74) is 0.764. The van der Waals surface area contributed by atoms with Crippen LogP contribution in [0.5, 0.6) is 17.2 Å². The number of rotatable bonds is 9. The van der Waals surface area contributed by atoms with E-state index >= 15 is 0 Å². The van der Waals surface area contributed by atoms with Crippen LogP contribution in [0, 0.1) is 0 Å². The highest BCUT2D eigenvalue weighted by molar-refractivity contribution is 5.87. The molecule has 0 heterocycles.